The van der Waals surface area contributed by atoms with E-state index in [9.17, 15) is 4.79 Å². The van der Waals surface area contributed by atoms with Gasteiger partial charge in [-0.2, -0.15) is 5.10 Å². The summed E-state index contributed by atoms with van der Waals surface area (Å²) < 4.78 is 0. The second kappa shape index (κ2) is 5.86. The minimum absolute atomic E-state index is 0.187. The van der Waals surface area contributed by atoms with Gasteiger partial charge < -0.3 is 0 Å². The summed E-state index contributed by atoms with van der Waals surface area (Å²) in [4.78, 5) is 17.3. The van der Waals surface area contributed by atoms with E-state index >= 15 is 0 Å². The number of aromatic nitrogens is 3. The van der Waals surface area contributed by atoms with Crippen LogP contribution in [0.15, 0.2) is 46.8 Å². The van der Waals surface area contributed by atoms with Gasteiger partial charge in [-0.05, 0) is 29.3 Å². The van der Waals surface area contributed by atoms with Crippen molar-refractivity contribution in [2.45, 2.75) is 24.2 Å². The van der Waals surface area contributed by atoms with Gasteiger partial charge in [0.15, 0.2) is 5.12 Å². The third kappa shape index (κ3) is 2.80. The number of hydrogen-bond acceptors (Lipinski definition) is 6. The van der Waals surface area contributed by atoms with E-state index in [0.29, 0.717) is 6.42 Å². The first kappa shape index (κ1) is 14.5. The number of thioether (sulfide) groups is 1. The van der Waals surface area contributed by atoms with Crippen LogP contribution in [0.2, 0.25) is 0 Å². The fourth-order valence-corrected chi connectivity index (χ4v) is 4.42. The normalized spacial score (nSPS) is 14.7. The Balaban J connectivity index is 1.63. The Morgan fingerprint density at radius 1 is 1.22 bits per heavy atom. The van der Waals surface area contributed by atoms with E-state index in [-0.39, 0.29) is 11.0 Å². The number of fused-ring (bicyclic) bond motifs is 1. The maximum atomic E-state index is 11.6. The fraction of sp³-hybridized carbons (Fsp3) is 0.176. The third-order valence-corrected chi connectivity index (χ3v) is 5.88. The van der Waals surface area contributed by atoms with Gasteiger partial charge in [0.05, 0.1) is 0 Å². The van der Waals surface area contributed by atoms with Gasteiger partial charge >= 0.3 is 0 Å². The van der Waals surface area contributed by atoms with Crippen LogP contribution in [0.25, 0.3) is 11.4 Å². The third-order valence-electron chi connectivity index (χ3n) is 3.88. The van der Waals surface area contributed by atoms with E-state index in [4.69, 9.17) is 4.98 Å². The zero-order valence-electron chi connectivity index (χ0n) is 12.4. The average Bonchev–Trinajstić information content (AvgIpc) is 3.20. The average molecular weight is 339 g/mol. The largest absolute Gasteiger partial charge is 0.286 e. The highest BCUT2D eigenvalue weighted by atomic mass is 32.2. The minimum atomic E-state index is 0.187. The van der Waals surface area contributed by atoms with Crippen molar-refractivity contribution >= 4 is 28.2 Å². The van der Waals surface area contributed by atoms with Crippen molar-refractivity contribution in [2.24, 2.45) is 0 Å². The highest BCUT2D eigenvalue weighted by Gasteiger charge is 2.22. The number of hydrogen-bond donors (Lipinski definition) is 0. The first-order chi connectivity index (χ1) is 11.2. The van der Waals surface area contributed by atoms with Crippen LogP contribution < -0.4 is 0 Å². The molecule has 3 heterocycles. The molecule has 0 aliphatic carbocycles. The molecule has 3 aromatic rings. The van der Waals surface area contributed by atoms with Gasteiger partial charge in [0.1, 0.15) is 16.4 Å². The van der Waals surface area contributed by atoms with Crippen LogP contribution >= 0.6 is 23.1 Å². The van der Waals surface area contributed by atoms with Gasteiger partial charge in [-0.25, -0.2) is 4.98 Å². The van der Waals surface area contributed by atoms with Crippen molar-refractivity contribution in [3.8, 4) is 11.4 Å². The smallest absolute Gasteiger partial charge is 0.198 e. The summed E-state index contributed by atoms with van der Waals surface area (Å²) in [6, 6.07) is 10.1. The van der Waals surface area contributed by atoms with Gasteiger partial charge in [-0.1, -0.05) is 30.8 Å². The Labute approximate surface area is 142 Å². The standard InChI is InChI=1S/C17H13N3OS2/c1-10(11-4-5-12-8-16(21)23-15(12)7-11)17-19-14(9-22-17)13-3-2-6-18-20-13/h2-7,9-10H,8H2,1H3. The van der Waals surface area contributed by atoms with E-state index < -0.39 is 0 Å². The first-order valence-corrected chi connectivity index (χ1v) is 8.97. The molecular formula is C17H13N3OS2. The molecule has 1 aromatic carbocycles. The number of thiazole rings is 1. The second-order valence-electron chi connectivity index (χ2n) is 5.42. The Kier molecular flexibility index (Phi) is 3.71. The van der Waals surface area contributed by atoms with Crippen molar-refractivity contribution in [3.05, 3.63) is 58.0 Å². The topological polar surface area (TPSA) is 55.7 Å². The SMILES string of the molecule is CC(c1ccc2c(c1)SC(=O)C2)c1nc(-c2cccnn2)cs1. The Bertz CT molecular complexity index is 877. The van der Waals surface area contributed by atoms with Crippen LogP contribution in [0.4, 0.5) is 0 Å². The molecule has 4 nitrogen and oxygen atoms in total. The van der Waals surface area contributed by atoms with Crippen molar-refractivity contribution < 1.29 is 4.79 Å². The number of carbonyl (C=O) groups is 1. The summed E-state index contributed by atoms with van der Waals surface area (Å²) in [5.41, 5.74) is 3.97. The van der Waals surface area contributed by atoms with Crippen LogP contribution in [-0.4, -0.2) is 20.3 Å². The van der Waals surface area contributed by atoms with Gasteiger partial charge in [0.2, 0.25) is 0 Å². The fourth-order valence-electron chi connectivity index (χ4n) is 2.58. The highest BCUT2D eigenvalue weighted by Crippen LogP contribution is 2.37. The second-order valence-corrected chi connectivity index (χ2v) is 7.41. The molecule has 4 rings (SSSR count). The van der Waals surface area contributed by atoms with Gasteiger partial charge in [0, 0.05) is 28.8 Å². The van der Waals surface area contributed by atoms with Crippen molar-refractivity contribution in [1.29, 1.82) is 0 Å². The Morgan fingerprint density at radius 3 is 2.96 bits per heavy atom. The zero-order chi connectivity index (χ0) is 15.8. The van der Waals surface area contributed by atoms with E-state index in [1.807, 2.05) is 17.5 Å². The molecule has 1 unspecified atom stereocenters. The van der Waals surface area contributed by atoms with Crippen molar-refractivity contribution in [3.63, 3.8) is 0 Å². The molecule has 2 aromatic heterocycles. The number of carbonyl (C=O) groups excluding carboxylic acids is 1. The van der Waals surface area contributed by atoms with E-state index in [2.05, 4.69) is 35.3 Å². The lowest BCUT2D eigenvalue weighted by Gasteiger charge is -2.10. The summed E-state index contributed by atoms with van der Waals surface area (Å²) in [5.74, 6) is 0.187. The van der Waals surface area contributed by atoms with Crippen LogP contribution in [0.5, 0.6) is 0 Å². The molecule has 1 aliphatic heterocycles. The molecule has 0 saturated heterocycles. The van der Waals surface area contributed by atoms with Crippen LogP contribution in [-0.2, 0) is 11.2 Å². The molecule has 0 saturated carbocycles. The van der Waals surface area contributed by atoms with E-state index in [0.717, 1.165) is 26.9 Å². The van der Waals surface area contributed by atoms with Crippen molar-refractivity contribution in [1.82, 2.24) is 15.2 Å². The lowest BCUT2D eigenvalue weighted by atomic mass is 10.00. The maximum absolute atomic E-state index is 11.6. The number of nitrogens with zero attached hydrogens (tertiary/aromatic N) is 3. The maximum Gasteiger partial charge on any atom is 0.198 e. The minimum Gasteiger partial charge on any atom is -0.286 e. The molecule has 0 amide bonds. The summed E-state index contributed by atoms with van der Waals surface area (Å²) >= 11 is 2.97. The molecule has 1 atom stereocenters. The summed E-state index contributed by atoms with van der Waals surface area (Å²) in [5, 5.41) is 11.3. The van der Waals surface area contributed by atoms with E-state index in [1.54, 1.807) is 17.5 Å². The lowest BCUT2D eigenvalue weighted by molar-refractivity contribution is -0.110. The molecule has 0 fully saturated rings. The molecule has 0 N–H and O–H groups in total. The molecule has 0 spiro atoms. The summed E-state index contributed by atoms with van der Waals surface area (Å²) in [6.07, 6.45) is 2.20. The number of rotatable bonds is 3. The molecule has 23 heavy (non-hydrogen) atoms. The molecule has 6 heteroatoms. The monoisotopic (exact) mass is 339 g/mol. The highest BCUT2D eigenvalue weighted by molar-refractivity contribution is 8.14. The van der Waals surface area contributed by atoms with Crippen LogP contribution in [0.3, 0.4) is 0 Å². The molecule has 0 bridgehead atoms. The molecule has 0 radical (unpaired) electrons. The molecule has 1 aliphatic rings. The Morgan fingerprint density at radius 2 is 2.13 bits per heavy atom. The van der Waals surface area contributed by atoms with Crippen molar-refractivity contribution in [2.75, 3.05) is 0 Å². The molecular weight excluding hydrogens is 326 g/mol. The lowest BCUT2D eigenvalue weighted by Crippen LogP contribution is -1.97. The van der Waals surface area contributed by atoms with Crippen LogP contribution in [0.1, 0.15) is 29.0 Å². The van der Waals surface area contributed by atoms with Crippen LogP contribution in [0, 0.1) is 0 Å². The predicted molar refractivity (Wildman–Crippen MR) is 91.7 cm³/mol. The number of benzene rings is 1. The predicted octanol–water partition coefficient (Wildman–Crippen LogP) is 3.93. The zero-order valence-corrected chi connectivity index (χ0v) is 14.0. The molecule has 114 valence electrons. The van der Waals surface area contributed by atoms with Gasteiger partial charge in [-0.3, -0.25) is 4.79 Å². The Hall–Kier alpha value is -2.05. The summed E-state index contributed by atoms with van der Waals surface area (Å²) in [7, 11) is 0. The van der Waals surface area contributed by atoms with Gasteiger partial charge in [-0.15, -0.1) is 16.4 Å². The first-order valence-electron chi connectivity index (χ1n) is 7.28. The quantitative estimate of drug-likeness (QED) is 0.724. The summed E-state index contributed by atoms with van der Waals surface area (Å²) in [6.45, 7) is 2.14. The van der Waals surface area contributed by atoms with Gasteiger partial charge in [0.25, 0.3) is 0 Å². The van der Waals surface area contributed by atoms with E-state index in [1.165, 1.54) is 17.3 Å².